The van der Waals surface area contributed by atoms with Gasteiger partial charge in [-0.2, -0.15) is 0 Å². The second-order valence-corrected chi connectivity index (χ2v) is 12.9. The second kappa shape index (κ2) is 13.3. The van der Waals surface area contributed by atoms with Crippen LogP contribution in [0.3, 0.4) is 0 Å². The van der Waals surface area contributed by atoms with Gasteiger partial charge < -0.3 is 30.9 Å². The van der Waals surface area contributed by atoms with Gasteiger partial charge in [0.05, 0.1) is 6.54 Å². The number of benzene rings is 2. The number of nitrogens with zero attached hydrogens (tertiary/aromatic N) is 2. The van der Waals surface area contributed by atoms with Crippen molar-refractivity contribution in [3.05, 3.63) is 65.7 Å². The van der Waals surface area contributed by atoms with Crippen LogP contribution in [0, 0.1) is 5.41 Å². The van der Waals surface area contributed by atoms with Crippen molar-refractivity contribution in [2.45, 2.75) is 85.2 Å². The average molecular weight is 594 g/mol. The third-order valence-corrected chi connectivity index (χ3v) is 6.96. The number of anilines is 1. The predicted octanol–water partition coefficient (Wildman–Crippen LogP) is 3.36. The number of carbonyl (C=O) groups excluding carboxylic acids is 5. The Kier molecular flexibility index (Phi) is 10.2. The Bertz CT molecular complexity index is 1330. The minimum Gasteiger partial charge on any atom is -0.444 e. The molecule has 1 heterocycles. The molecule has 0 bridgehead atoms. The van der Waals surface area contributed by atoms with E-state index in [0.717, 1.165) is 5.56 Å². The fraction of sp³-hybridized carbons (Fsp3) is 0.469. The van der Waals surface area contributed by atoms with Crippen LogP contribution in [-0.4, -0.2) is 64.9 Å². The van der Waals surface area contributed by atoms with E-state index in [4.69, 9.17) is 10.5 Å². The van der Waals surface area contributed by atoms with Gasteiger partial charge in [-0.1, -0.05) is 51.1 Å². The summed E-state index contributed by atoms with van der Waals surface area (Å²) in [7, 11) is 0. The Hall–Kier alpha value is -4.41. The molecule has 3 atom stereocenters. The molecule has 232 valence electrons. The number of nitrogens with two attached hydrogens (primary N) is 1. The van der Waals surface area contributed by atoms with Crippen LogP contribution in [0.2, 0.25) is 0 Å². The van der Waals surface area contributed by atoms with E-state index in [1.807, 2.05) is 51.1 Å². The van der Waals surface area contributed by atoms with E-state index in [0.29, 0.717) is 11.3 Å². The summed E-state index contributed by atoms with van der Waals surface area (Å²) in [6, 6.07) is 13.3. The summed E-state index contributed by atoms with van der Waals surface area (Å²) < 4.78 is 5.43. The lowest BCUT2D eigenvalue weighted by molar-refractivity contribution is -0.141. The lowest BCUT2D eigenvalue weighted by atomic mass is 9.85. The predicted molar refractivity (Wildman–Crippen MR) is 163 cm³/mol. The Labute approximate surface area is 253 Å². The van der Waals surface area contributed by atoms with Gasteiger partial charge in [-0.05, 0) is 62.4 Å². The van der Waals surface area contributed by atoms with Crippen LogP contribution in [0.15, 0.2) is 54.6 Å². The summed E-state index contributed by atoms with van der Waals surface area (Å²) in [6.45, 7) is 12.3. The lowest BCUT2D eigenvalue weighted by Crippen LogP contribution is -2.58. The summed E-state index contributed by atoms with van der Waals surface area (Å²) in [6.07, 6.45) is -0.570. The number of amides is 5. The van der Waals surface area contributed by atoms with Gasteiger partial charge in [0, 0.05) is 30.8 Å². The zero-order chi connectivity index (χ0) is 32.1. The van der Waals surface area contributed by atoms with E-state index >= 15 is 0 Å². The van der Waals surface area contributed by atoms with Gasteiger partial charge in [-0.15, -0.1) is 0 Å². The summed E-state index contributed by atoms with van der Waals surface area (Å²) in [4.78, 5) is 68.0. The molecule has 11 nitrogen and oxygen atoms in total. The van der Waals surface area contributed by atoms with Crippen molar-refractivity contribution < 1.29 is 28.7 Å². The number of hydrogen-bond donors (Lipinski definition) is 3. The number of alkyl carbamates (subject to hydrolysis) is 1. The molecule has 1 saturated heterocycles. The highest BCUT2D eigenvalue weighted by atomic mass is 16.6. The van der Waals surface area contributed by atoms with Crippen molar-refractivity contribution in [1.29, 1.82) is 0 Å². The molecule has 11 heteroatoms. The van der Waals surface area contributed by atoms with Gasteiger partial charge in [0.1, 0.15) is 17.7 Å². The fourth-order valence-electron chi connectivity index (χ4n) is 4.99. The number of likely N-dealkylation sites (tertiary alicyclic amines) is 1. The Morgan fingerprint density at radius 1 is 0.977 bits per heavy atom. The molecule has 43 heavy (non-hydrogen) atoms. The van der Waals surface area contributed by atoms with Crippen LogP contribution in [-0.2, 0) is 25.7 Å². The van der Waals surface area contributed by atoms with E-state index in [1.54, 1.807) is 49.9 Å². The molecule has 2 aromatic carbocycles. The van der Waals surface area contributed by atoms with Gasteiger partial charge in [0.2, 0.25) is 23.6 Å². The van der Waals surface area contributed by atoms with Gasteiger partial charge in [-0.3, -0.25) is 19.2 Å². The maximum atomic E-state index is 14.4. The standard InChI is InChI=1S/C32H43N5O6/c1-20(38)34-23-17-25(37(19-23)29(41)26(31(2,3)4)35-30(42)43-32(5,6)7)28(40)36(18-21-11-9-8-10-12-21)24-15-13-22(14-16-24)27(33)39/h8-16,23,25-26H,17-19H2,1-7H3,(H2,33,39)(H,34,38)(H,35,42). The zero-order valence-electron chi connectivity index (χ0n) is 26.0. The highest BCUT2D eigenvalue weighted by Crippen LogP contribution is 2.29. The quantitative estimate of drug-likeness (QED) is 0.427. The first-order chi connectivity index (χ1) is 20.0. The Morgan fingerprint density at radius 3 is 2.09 bits per heavy atom. The van der Waals surface area contributed by atoms with Crippen LogP contribution in [0.25, 0.3) is 0 Å². The molecule has 0 aliphatic carbocycles. The van der Waals surface area contributed by atoms with Crippen molar-refractivity contribution in [2.75, 3.05) is 11.4 Å². The monoisotopic (exact) mass is 593 g/mol. The summed E-state index contributed by atoms with van der Waals surface area (Å²) in [5.41, 5.74) is 5.56. The third kappa shape index (κ3) is 9.04. The first kappa shape index (κ1) is 33.1. The van der Waals surface area contributed by atoms with Gasteiger partial charge in [-0.25, -0.2) is 4.79 Å². The van der Waals surface area contributed by atoms with Gasteiger partial charge in [0.15, 0.2) is 0 Å². The summed E-state index contributed by atoms with van der Waals surface area (Å²) in [5, 5.41) is 5.56. The number of hydrogen-bond acceptors (Lipinski definition) is 6. The zero-order valence-corrected chi connectivity index (χ0v) is 26.0. The minimum atomic E-state index is -1.02. The molecule has 1 aliphatic heterocycles. The Balaban J connectivity index is 2.02. The fourth-order valence-corrected chi connectivity index (χ4v) is 4.99. The molecule has 0 spiro atoms. The highest BCUT2D eigenvalue weighted by Gasteiger charge is 2.46. The molecular weight excluding hydrogens is 550 g/mol. The average Bonchev–Trinajstić information content (AvgIpc) is 3.32. The van der Waals surface area contributed by atoms with E-state index in [9.17, 15) is 24.0 Å². The highest BCUT2D eigenvalue weighted by molar-refractivity contribution is 6.01. The molecule has 0 aromatic heterocycles. The normalized spacial score (nSPS) is 17.5. The molecule has 4 N–H and O–H groups in total. The van der Waals surface area contributed by atoms with Crippen LogP contribution in [0.1, 0.15) is 70.8 Å². The van der Waals surface area contributed by atoms with Crippen molar-refractivity contribution in [3.8, 4) is 0 Å². The SMILES string of the molecule is CC(=O)NC1CC(C(=O)N(Cc2ccccc2)c2ccc(C(N)=O)cc2)N(C(=O)C(NC(=O)OC(C)(C)C)C(C)(C)C)C1. The van der Waals surface area contributed by atoms with Gasteiger partial charge >= 0.3 is 6.09 Å². The number of nitrogens with one attached hydrogen (secondary N) is 2. The summed E-state index contributed by atoms with van der Waals surface area (Å²) >= 11 is 0. The van der Waals surface area contributed by atoms with Crippen molar-refractivity contribution in [2.24, 2.45) is 11.1 Å². The molecule has 1 aliphatic rings. The molecule has 0 saturated carbocycles. The molecular formula is C32H43N5O6. The topological polar surface area (TPSA) is 151 Å². The number of rotatable bonds is 8. The maximum absolute atomic E-state index is 14.4. The largest absolute Gasteiger partial charge is 0.444 e. The molecule has 3 rings (SSSR count). The minimum absolute atomic E-state index is 0.0805. The molecule has 3 unspecified atom stereocenters. The van der Waals surface area contributed by atoms with Crippen LogP contribution in [0.5, 0.6) is 0 Å². The molecule has 1 fully saturated rings. The van der Waals surface area contributed by atoms with Gasteiger partial charge in [0.25, 0.3) is 0 Å². The molecule has 2 aromatic rings. The third-order valence-electron chi connectivity index (χ3n) is 6.96. The second-order valence-electron chi connectivity index (χ2n) is 12.9. The summed E-state index contributed by atoms with van der Waals surface area (Å²) in [5.74, 6) is -1.72. The lowest BCUT2D eigenvalue weighted by Gasteiger charge is -2.37. The number of ether oxygens (including phenoxy) is 1. The molecule has 0 radical (unpaired) electrons. The van der Waals surface area contributed by atoms with Crippen molar-refractivity contribution in [3.63, 3.8) is 0 Å². The van der Waals surface area contributed by atoms with Crippen LogP contribution >= 0.6 is 0 Å². The van der Waals surface area contributed by atoms with E-state index < -0.39 is 47.0 Å². The number of primary amides is 1. The van der Waals surface area contributed by atoms with Crippen LogP contribution in [0.4, 0.5) is 10.5 Å². The van der Waals surface area contributed by atoms with Crippen LogP contribution < -0.4 is 21.3 Å². The van der Waals surface area contributed by atoms with Crippen molar-refractivity contribution in [1.82, 2.24) is 15.5 Å². The van der Waals surface area contributed by atoms with Crippen molar-refractivity contribution >= 4 is 35.4 Å². The first-order valence-electron chi connectivity index (χ1n) is 14.3. The van der Waals surface area contributed by atoms with E-state index in [2.05, 4.69) is 10.6 Å². The molecule has 5 amide bonds. The van der Waals surface area contributed by atoms with E-state index in [1.165, 1.54) is 11.8 Å². The first-order valence-corrected chi connectivity index (χ1v) is 14.3. The van der Waals surface area contributed by atoms with E-state index in [-0.39, 0.29) is 31.3 Å². The number of carbonyl (C=O) groups is 5. The maximum Gasteiger partial charge on any atom is 0.408 e. The Morgan fingerprint density at radius 2 is 1.58 bits per heavy atom. The smallest absolute Gasteiger partial charge is 0.408 e.